The monoisotopic (exact) mass is 443 g/mol. The van der Waals surface area contributed by atoms with Crippen molar-refractivity contribution in [2.45, 2.75) is 23.5 Å². The molecule has 0 saturated carbocycles. The minimum atomic E-state index is -4.57. The van der Waals surface area contributed by atoms with Gasteiger partial charge in [0, 0.05) is 10.9 Å². The third kappa shape index (κ3) is 3.39. The predicted octanol–water partition coefficient (Wildman–Crippen LogP) is 1.22. The van der Waals surface area contributed by atoms with Crippen LogP contribution in [-0.2, 0) is 19.1 Å². The number of benzene rings is 1. The molecule has 3 N–H and O–H groups in total. The van der Waals surface area contributed by atoms with Crippen LogP contribution >= 0.6 is 31.9 Å². The number of aromatic hydroxyl groups is 1. The molecule has 1 aromatic rings. The van der Waals surface area contributed by atoms with Gasteiger partial charge in [-0.1, -0.05) is 15.9 Å². The Labute approximate surface area is 137 Å². The Kier molecular flexibility index (Phi) is 4.64. The van der Waals surface area contributed by atoms with Crippen molar-refractivity contribution in [2.75, 3.05) is 6.54 Å². The molecule has 0 aliphatic carbocycles. The fourth-order valence-corrected chi connectivity index (χ4v) is 4.40. The highest BCUT2D eigenvalue weighted by molar-refractivity contribution is 9.11. The van der Waals surface area contributed by atoms with E-state index in [1.807, 2.05) is 0 Å². The summed E-state index contributed by atoms with van der Waals surface area (Å²) in [5.74, 6) is -1.91. The molecule has 0 spiro atoms. The van der Waals surface area contributed by atoms with Gasteiger partial charge in [0.25, 0.3) is 0 Å². The van der Waals surface area contributed by atoms with Gasteiger partial charge in [-0.2, -0.15) is 8.42 Å². The quantitative estimate of drug-likeness (QED) is 0.600. The standard InChI is InChI=1S/C11H11Br2NO6S/c12-6-4-7(13)9(15)8(5-6)21(18,19)20-10(16)11(17)2-1-3-14-11/h4-5,14-15,17H,1-3H2/t11-/m1/s1. The molecule has 1 fully saturated rings. The summed E-state index contributed by atoms with van der Waals surface area (Å²) in [5.41, 5.74) is -2.02. The first-order chi connectivity index (χ1) is 9.66. The molecule has 0 aromatic heterocycles. The molecule has 1 aliphatic rings. The Hall–Kier alpha value is -0.680. The van der Waals surface area contributed by atoms with Gasteiger partial charge < -0.3 is 14.4 Å². The van der Waals surface area contributed by atoms with Crippen molar-refractivity contribution in [3.8, 4) is 5.75 Å². The summed E-state index contributed by atoms with van der Waals surface area (Å²) < 4.78 is 29.1. The van der Waals surface area contributed by atoms with Crippen LogP contribution in [-0.4, -0.2) is 36.9 Å². The maximum Gasteiger partial charge on any atom is 0.369 e. The third-order valence-electron chi connectivity index (χ3n) is 2.92. The topological polar surface area (TPSA) is 113 Å². The average Bonchev–Trinajstić information content (AvgIpc) is 2.81. The maximum atomic E-state index is 12.1. The second kappa shape index (κ2) is 5.84. The molecule has 1 saturated heterocycles. The highest BCUT2D eigenvalue weighted by Crippen LogP contribution is 2.35. The number of phenols is 1. The number of carbonyl (C=O) groups excluding carboxylic acids is 1. The summed E-state index contributed by atoms with van der Waals surface area (Å²) in [6, 6.07) is 2.52. The summed E-state index contributed by atoms with van der Waals surface area (Å²) in [5, 5.41) is 22.2. The lowest BCUT2D eigenvalue weighted by Crippen LogP contribution is -2.49. The van der Waals surface area contributed by atoms with E-state index in [4.69, 9.17) is 0 Å². The molecule has 0 unspecified atom stereocenters. The van der Waals surface area contributed by atoms with Crippen molar-refractivity contribution >= 4 is 47.9 Å². The molecule has 1 atom stereocenters. The van der Waals surface area contributed by atoms with Gasteiger partial charge in [-0.25, -0.2) is 4.79 Å². The van der Waals surface area contributed by atoms with Crippen LogP contribution in [0.15, 0.2) is 26.0 Å². The van der Waals surface area contributed by atoms with Crippen molar-refractivity contribution in [3.63, 3.8) is 0 Å². The number of hydrogen-bond acceptors (Lipinski definition) is 7. The van der Waals surface area contributed by atoms with Crippen molar-refractivity contribution in [1.82, 2.24) is 5.32 Å². The Bertz CT molecular complexity index is 684. The summed E-state index contributed by atoms with van der Waals surface area (Å²) in [6.45, 7) is 0.374. The van der Waals surface area contributed by atoms with E-state index in [0.29, 0.717) is 17.4 Å². The summed E-state index contributed by atoms with van der Waals surface area (Å²) in [7, 11) is -4.57. The van der Waals surface area contributed by atoms with Gasteiger partial charge in [0.15, 0.2) is 5.75 Å². The van der Waals surface area contributed by atoms with Crippen LogP contribution < -0.4 is 5.32 Å². The van der Waals surface area contributed by atoms with Gasteiger partial charge in [-0.3, -0.25) is 5.32 Å². The highest BCUT2D eigenvalue weighted by Gasteiger charge is 2.43. The van der Waals surface area contributed by atoms with Crippen LogP contribution in [0.2, 0.25) is 0 Å². The van der Waals surface area contributed by atoms with Gasteiger partial charge >= 0.3 is 16.1 Å². The highest BCUT2D eigenvalue weighted by atomic mass is 79.9. The normalized spacial score (nSPS) is 22.2. The fourth-order valence-electron chi connectivity index (χ4n) is 1.85. The van der Waals surface area contributed by atoms with E-state index in [-0.39, 0.29) is 10.9 Å². The Balaban J connectivity index is 2.33. The molecule has 10 heteroatoms. The molecule has 0 radical (unpaired) electrons. The summed E-state index contributed by atoms with van der Waals surface area (Å²) in [6.07, 6.45) is 0.564. The smallest absolute Gasteiger partial charge is 0.369 e. The van der Waals surface area contributed by atoms with Crippen LogP contribution in [0, 0.1) is 0 Å². The van der Waals surface area contributed by atoms with Gasteiger partial charge in [0.2, 0.25) is 5.72 Å². The molecule has 2 rings (SSSR count). The number of hydrogen-bond donors (Lipinski definition) is 3. The first kappa shape index (κ1) is 16.7. The van der Waals surface area contributed by atoms with Gasteiger partial charge in [0.05, 0.1) is 4.47 Å². The van der Waals surface area contributed by atoms with Crippen LogP contribution in [0.3, 0.4) is 0 Å². The average molecular weight is 445 g/mol. The fraction of sp³-hybridized carbons (Fsp3) is 0.364. The zero-order valence-corrected chi connectivity index (χ0v) is 14.5. The first-order valence-corrected chi connectivity index (χ1v) is 8.79. The zero-order chi connectivity index (χ0) is 15.8. The Morgan fingerprint density at radius 3 is 2.62 bits per heavy atom. The molecule has 1 aliphatic heterocycles. The zero-order valence-electron chi connectivity index (χ0n) is 10.5. The van der Waals surface area contributed by atoms with Crippen LogP contribution in [0.25, 0.3) is 0 Å². The minimum absolute atomic E-state index is 0.0511. The van der Waals surface area contributed by atoms with Crippen LogP contribution in [0.5, 0.6) is 5.75 Å². The van der Waals surface area contributed by atoms with Crippen molar-refractivity contribution in [3.05, 3.63) is 21.1 Å². The van der Waals surface area contributed by atoms with E-state index >= 15 is 0 Å². The molecule has 21 heavy (non-hydrogen) atoms. The van der Waals surface area contributed by atoms with E-state index in [1.165, 1.54) is 6.07 Å². The Morgan fingerprint density at radius 2 is 2.05 bits per heavy atom. The number of halogens is 2. The maximum absolute atomic E-state index is 12.1. The minimum Gasteiger partial charge on any atom is -0.505 e. The van der Waals surface area contributed by atoms with Crippen molar-refractivity contribution in [2.24, 2.45) is 0 Å². The van der Waals surface area contributed by atoms with Gasteiger partial charge in [-0.15, -0.1) is 0 Å². The number of nitrogens with one attached hydrogen (secondary N) is 1. The number of carbonyl (C=O) groups is 1. The van der Waals surface area contributed by atoms with E-state index < -0.39 is 32.5 Å². The number of phenolic OH excluding ortho intramolecular Hbond substituents is 1. The largest absolute Gasteiger partial charge is 0.505 e. The molecule has 0 amide bonds. The third-order valence-corrected chi connectivity index (χ3v) is 5.20. The lowest BCUT2D eigenvalue weighted by molar-refractivity contribution is -0.156. The van der Waals surface area contributed by atoms with Gasteiger partial charge in [0.1, 0.15) is 4.90 Å². The number of rotatable bonds is 3. The van der Waals surface area contributed by atoms with Crippen LogP contribution in [0.1, 0.15) is 12.8 Å². The predicted molar refractivity (Wildman–Crippen MR) is 79.0 cm³/mol. The molecule has 1 heterocycles. The lowest BCUT2D eigenvalue weighted by Gasteiger charge is -2.20. The first-order valence-electron chi connectivity index (χ1n) is 5.80. The Morgan fingerprint density at radius 1 is 1.38 bits per heavy atom. The van der Waals surface area contributed by atoms with Crippen molar-refractivity contribution < 1.29 is 27.6 Å². The van der Waals surface area contributed by atoms with Crippen molar-refractivity contribution in [1.29, 1.82) is 0 Å². The summed E-state index contributed by atoms with van der Waals surface area (Å²) in [4.78, 5) is 11.2. The second-order valence-corrected chi connectivity index (χ2v) is 7.73. The van der Waals surface area contributed by atoms with Gasteiger partial charge in [-0.05, 0) is 41.0 Å². The molecule has 1 aromatic carbocycles. The summed E-state index contributed by atoms with van der Waals surface area (Å²) >= 11 is 6.06. The molecule has 7 nitrogen and oxygen atoms in total. The van der Waals surface area contributed by atoms with Crippen LogP contribution in [0.4, 0.5) is 0 Å². The lowest BCUT2D eigenvalue weighted by atomic mass is 10.2. The van der Waals surface area contributed by atoms with E-state index in [9.17, 15) is 23.4 Å². The number of aliphatic hydroxyl groups is 1. The second-order valence-electron chi connectivity index (χ2n) is 4.45. The SMILES string of the molecule is O=C(OS(=O)(=O)c1cc(Br)cc(Br)c1O)[C@]1(O)CCCN1. The molecular formula is C11H11Br2NO6S. The molecule has 116 valence electrons. The van der Waals surface area contributed by atoms with E-state index in [0.717, 1.165) is 6.07 Å². The van der Waals surface area contributed by atoms with E-state index in [1.54, 1.807) is 0 Å². The molecular weight excluding hydrogens is 434 g/mol. The van der Waals surface area contributed by atoms with E-state index in [2.05, 4.69) is 41.4 Å². The molecule has 0 bridgehead atoms.